The van der Waals surface area contributed by atoms with Gasteiger partial charge in [-0.3, -0.25) is 4.68 Å². The summed E-state index contributed by atoms with van der Waals surface area (Å²) in [6.07, 6.45) is 1.30. The van der Waals surface area contributed by atoms with Crippen LogP contribution in [0.1, 0.15) is 18.7 Å². The molecule has 1 heterocycles. The summed E-state index contributed by atoms with van der Waals surface area (Å²) in [5.41, 5.74) is 5.73. The molecule has 1 rings (SSSR count). The lowest BCUT2D eigenvalue weighted by Gasteiger charge is -1.97. The van der Waals surface area contributed by atoms with E-state index in [0.717, 1.165) is 0 Å². The quantitative estimate of drug-likeness (QED) is 0.625. The number of halogens is 1. The molecule has 1 aromatic rings. The Hall–Kier alpha value is -0.900. The molecule has 10 heavy (non-hydrogen) atoms. The largest absolute Gasteiger partial charge is 0.323 e. The molecule has 4 heteroatoms. The Bertz CT molecular complexity index is 229. The van der Waals surface area contributed by atoms with Crippen LogP contribution in [-0.2, 0) is 7.05 Å². The van der Waals surface area contributed by atoms with Crippen LogP contribution in [0.3, 0.4) is 0 Å². The van der Waals surface area contributed by atoms with Crippen molar-refractivity contribution in [3.8, 4) is 0 Å². The molecule has 0 aliphatic heterocycles. The summed E-state index contributed by atoms with van der Waals surface area (Å²) >= 11 is 0. The zero-order valence-corrected chi connectivity index (χ0v) is 6.00. The lowest BCUT2D eigenvalue weighted by molar-refractivity contribution is 0.591. The van der Waals surface area contributed by atoms with Crippen LogP contribution in [0.25, 0.3) is 0 Å². The van der Waals surface area contributed by atoms with Crippen molar-refractivity contribution >= 4 is 0 Å². The van der Waals surface area contributed by atoms with Crippen LogP contribution in [0.4, 0.5) is 4.39 Å². The first-order valence-electron chi connectivity index (χ1n) is 3.06. The minimum atomic E-state index is -0.336. The summed E-state index contributed by atoms with van der Waals surface area (Å²) in [4.78, 5) is 0. The third kappa shape index (κ3) is 1.16. The molecule has 56 valence electrons. The van der Waals surface area contributed by atoms with Crippen LogP contribution in [0.15, 0.2) is 6.20 Å². The van der Waals surface area contributed by atoms with Gasteiger partial charge in [0.25, 0.3) is 0 Å². The lowest BCUT2D eigenvalue weighted by Crippen LogP contribution is -2.07. The molecule has 0 unspecified atom stereocenters. The summed E-state index contributed by atoms with van der Waals surface area (Å²) in [6, 6.07) is -0.332. The topological polar surface area (TPSA) is 43.8 Å². The second-order valence-corrected chi connectivity index (χ2v) is 2.32. The molecule has 0 saturated carbocycles. The Balaban J connectivity index is 3.03. The van der Waals surface area contributed by atoms with Crippen LogP contribution in [0.2, 0.25) is 0 Å². The lowest BCUT2D eigenvalue weighted by atomic mass is 10.2. The molecule has 0 radical (unpaired) electrons. The average molecular weight is 143 g/mol. The van der Waals surface area contributed by atoms with E-state index in [1.54, 1.807) is 14.0 Å². The van der Waals surface area contributed by atoms with E-state index in [0.29, 0.717) is 5.69 Å². The molecular weight excluding hydrogens is 133 g/mol. The molecule has 0 aromatic carbocycles. The fourth-order valence-corrected chi connectivity index (χ4v) is 0.785. The van der Waals surface area contributed by atoms with Crippen LogP contribution in [-0.4, -0.2) is 9.78 Å². The summed E-state index contributed by atoms with van der Waals surface area (Å²) in [5.74, 6) is -0.336. The number of aryl methyl sites for hydroxylation is 1. The molecule has 0 fully saturated rings. The Morgan fingerprint density at radius 3 is 2.60 bits per heavy atom. The van der Waals surface area contributed by atoms with E-state index in [1.165, 1.54) is 10.9 Å². The van der Waals surface area contributed by atoms with Crippen LogP contribution in [0, 0.1) is 5.82 Å². The number of rotatable bonds is 1. The maximum absolute atomic E-state index is 12.7. The van der Waals surface area contributed by atoms with E-state index >= 15 is 0 Å². The molecule has 1 aromatic heterocycles. The van der Waals surface area contributed by atoms with Gasteiger partial charge in [0.2, 0.25) is 0 Å². The fraction of sp³-hybridized carbons (Fsp3) is 0.500. The van der Waals surface area contributed by atoms with Crippen LogP contribution in [0.5, 0.6) is 0 Å². The minimum absolute atomic E-state index is 0.322. The van der Waals surface area contributed by atoms with Crippen molar-refractivity contribution in [1.29, 1.82) is 0 Å². The highest BCUT2D eigenvalue weighted by molar-refractivity contribution is 5.06. The van der Waals surface area contributed by atoms with Gasteiger partial charge < -0.3 is 5.73 Å². The zero-order chi connectivity index (χ0) is 7.72. The van der Waals surface area contributed by atoms with E-state index in [9.17, 15) is 4.39 Å². The standard InChI is InChI=1S/C6H10FN3/c1-4(8)6-5(7)3-10(2)9-6/h3-4H,8H2,1-2H3/t4-/m0/s1. The molecule has 0 saturated heterocycles. The SMILES string of the molecule is C[C@H](N)c1nn(C)cc1F. The Labute approximate surface area is 58.6 Å². The summed E-state index contributed by atoms with van der Waals surface area (Å²) in [7, 11) is 1.66. The first kappa shape index (κ1) is 7.21. The van der Waals surface area contributed by atoms with Gasteiger partial charge in [0.05, 0.1) is 6.20 Å². The first-order valence-corrected chi connectivity index (χ1v) is 3.06. The Morgan fingerprint density at radius 2 is 2.40 bits per heavy atom. The average Bonchev–Trinajstić information content (AvgIpc) is 2.10. The van der Waals surface area contributed by atoms with Gasteiger partial charge >= 0.3 is 0 Å². The summed E-state index contributed by atoms with van der Waals surface area (Å²) < 4.78 is 14.1. The van der Waals surface area contributed by atoms with Gasteiger partial charge in [-0.1, -0.05) is 0 Å². The van der Waals surface area contributed by atoms with Crippen molar-refractivity contribution in [2.45, 2.75) is 13.0 Å². The minimum Gasteiger partial charge on any atom is -0.323 e. The van der Waals surface area contributed by atoms with Crippen molar-refractivity contribution < 1.29 is 4.39 Å². The Kier molecular flexibility index (Phi) is 1.72. The summed E-state index contributed by atoms with van der Waals surface area (Å²) in [6.45, 7) is 1.70. The molecule has 3 nitrogen and oxygen atoms in total. The normalized spacial score (nSPS) is 13.6. The number of hydrogen-bond acceptors (Lipinski definition) is 2. The van der Waals surface area contributed by atoms with E-state index in [4.69, 9.17) is 5.73 Å². The number of hydrogen-bond donors (Lipinski definition) is 1. The number of nitrogens with zero attached hydrogens (tertiary/aromatic N) is 2. The molecule has 1 atom stereocenters. The monoisotopic (exact) mass is 143 g/mol. The first-order chi connectivity index (χ1) is 4.61. The van der Waals surface area contributed by atoms with E-state index < -0.39 is 0 Å². The number of aromatic nitrogens is 2. The predicted octanol–water partition coefficient (Wildman–Crippen LogP) is 0.579. The third-order valence-corrected chi connectivity index (χ3v) is 1.24. The molecule has 0 spiro atoms. The highest BCUT2D eigenvalue weighted by Gasteiger charge is 2.09. The van der Waals surface area contributed by atoms with Gasteiger partial charge in [-0.05, 0) is 6.92 Å². The highest BCUT2D eigenvalue weighted by Crippen LogP contribution is 2.10. The van der Waals surface area contributed by atoms with Crippen molar-refractivity contribution in [3.63, 3.8) is 0 Å². The zero-order valence-electron chi connectivity index (χ0n) is 6.00. The van der Waals surface area contributed by atoms with Crippen molar-refractivity contribution in [2.24, 2.45) is 12.8 Å². The van der Waals surface area contributed by atoms with Crippen molar-refractivity contribution in [1.82, 2.24) is 9.78 Å². The van der Waals surface area contributed by atoms with Gasteiger partial charge in [0.1, 0.15) is 5.69 Å². The second kappa shape index (κ2) is 2.38. The van der Waals surface area contributed by atoms with Crippen molar-refractivity contribution in [3.05, 3.63) is 17.7 Å². The van der Waals surface area contributed by atoms with E-state index in [2.05, 4.69) is 5.10 Å². The van der Waals surface area contributed by atoms with Gasteiger partial charge in [0, 0.05) is 13.1 Å². The molecule has 0 aliphatic rings. The Morgan fingerprint density at radius 1 is 1.80 bits per heavy atom. The van der Waals surface area contributed by atoms with Crippen molar-refractivity contribution in [2.75, 3.05) is 0 Å². The molecule has 0 aliphatic carbocycles. The predicted molar refractivity (Wildman–Crippen MR) is 35.8 cm³/mol. The molecule has 0 bridgehead atoms. The number of nitrogens with two attached hydrogens (primary N) is 1. The van der Waals surface area contributed by atoms with Gasteiger partial charge in [-0.25, -0.2) is 4.39 Å². The van der Waals surface area contributed by atoms with Crippen LogP contribution < -0.4 is 5.73 Å². The van der Waals surface area contributed by atoms with E-state index in [1.807, 2.05) is 0 Å². The van der Waals surface area contributed by atoms with Crippen LogP contribution >= 0.6 is 0 Å². The fourth-order valence-electron chi connectivity index (χ4n) is 0.785. The van der Waals surface area contributed by atoms with Gasteiger partial charge in [-0.2, -0.15) is 5.10 Å². The van der Waals surface area contributed by atoms with E-state index in [-0.39, 0.29) is 11.9 Å². The third-order valence-electron chi connectivity index (χ3n) is 1.24. The molecular formula is C6H10FN3. The second-order valence-electron chi connectivity index (χ2n) is 2.32. The summed E-state index contributed by atoms with van der Waals surface area (Å²) in [5, 5.41) is 3.83. The van der Waals surface area contributed by atoms with Gasteiger partial charge in [0.15, 0.2) is 5.82 Å². The maximum atomic E-state index is 12.7. The smallest absolute Gasteiger partial charge is 0.165 e. The molecule has 0 amide bonds. The molecule has 2 N–H and O–H groups in total. The highest BCUT2D eigenvalue weighted by atomic mass is 19.1. The van der Waals surface area contributed by atoms with Gasteiger partial charge in [-0.15, -0.1) is 0 Å². The maximum Gasteiger partial charge on any atom is 0.165 e.